The molecule has 4 rings (SSSR count). The number of para-hydroxylation sites is 1. The Morgan fingerprint density at radius 3 is 2.79 bits per heavy atom. The summed E-state index contributed by atoms with van der Waals surface area (Å²) in [4.78, 5) is 17.2. The quantitative estimate of drug-likeness (QED) is 0.482. The van der Waals surface area contributed by atoms with Gasteiger partial charge in [0, 0.05) is 31.3 Å². The third-order valence-corrected chi connectivity index (χ3v) is 4.71. The minimum Gasteiger partial charge on any atom is -0.385 e. The summed E-state index contributed by atoms with van der Waals surface area (Å²) in [6.07, 6.45) is 0.765. The number of aromatic nitrogens is 6. The molecule has 0 aliphatic rings. The Labute approximate surface area is 167 Å². The van der Waals surface area contributed by atoms with Crippen LogP contribution in [0.25, 0.3) is 28.0 Å². The van der Waals surface area contributed by atoms with Crippen LogP contribution in [0.2, 0.25) is 0 Å². The van der Waals surface area contributed by atoms with E-state index in [9.17, 15) is 4.79 Å². The number of methoxy groups -OCH3 is 1. The van der Waals surface area contributed by atoms with Gasteiger partial charge in [-0.1, -0.05) is 18.2 Å². The van der Waals surface area contributed by atoms with Gasteiger partial charge in [-0.3, -0.25) is 4.79 Å². The lowest BCUT2D eigenvalue weighted by atomic mass is 10.2. The number of benzene rings is 1. The Morgan fingerprint density at radius 2 is 2.03 bits per heavy atom. The first-order valence-corrected chi connectivity index (χ1v) is 9.49. The van der Waals surface area contributed by atoms with Crippen LogP contribution in [0, 0.1) is 13.8 Å². The van der Waals surface area contributed by atoms with Gasteiger partial charge >= 0.3 is 0 Å². The zero-order valence-electron chi connectivity index (χ0n) is 16.7. The molecule has 9 heteroatoms. The standard InChI is InChI=1S/C20H23N7O2/c1-13-11-14(2)27(25-13)20-22-19-18(23-24-20)15-7-4-5-8-16(15)26(19)12-17(28)21-9-6-10-29-3/h4-5,7-8,11H,6,9-10,12H2,1-3H3,(H,21,28). The summed E-state index contributed by atoms with van der Waals surface area (Å²) >= 11 is 0. The second kappa shape index (κ2) is 7.96. The number of hydrogen-bond acceptors (Lipinski definition) is 6. The number of rotatable bonds is 7. The third kappa shape index (κ3) is 3.68. The SMILES string of the molecule is COCCCNC(=O)Cn1c2ccccc2c2nnc(-n3nc(C)cc3C)nc21. The maximum atomic E-state index is 12.5. The van der Waals surface area contributed by atoms with Gasteiger partial charge in [0.2, 0.25) is 5.91 Å². The minimum absolute atomic E-state index is 0.0879. The van der Waals surface area contributed by atoms with Crippen LogP contribution < -0.4 is 5.32 Å². The molecule has 0 unspecified atom stereocenters. The smallest absolute Gasteiger partial charge is 0.272 e. The first kappa shape index (κ1) is 19.0. The zero-order valence-corrected chi connectivity index (χ0v) is 16.7. The minimum atomic E-state index is -0.0879. The molecule has 0 bridgehead atoms. The summed E-state index contributed by atoms with van der Waals surface area (Å²) in [5, 5.41) is 17.0. The molecule has 0 spiro atoms. The van der Waals surface area contributed by atoms with Crippen molar-refractivity contribution < 1.29 is 9.53 Å². The number of amides is 1. The lowest BCUT2D eigenvalue weighted by Gasteiger charge is -2.08. The molecule has 1 N–H and O–H groups in total. The van der Waals surface area contributed by atoms with E-state index in [2.05, 4.69) is 20.6 Å². The van der Waals surface area contributed by atoms with Crippen molar-refractivity contribution in [1.29, 1.82) is 0 Å². The van der Waals surface area contributed by atoms with Gasteiger partial charge < -0.3 is 14.6 Å². The molecular weight excluding hydrogens is 370 g/mol. The van der Waals surface area contributed by atoms with Crippen molar-refractivity contribution in [2.24, 2.45) is 0 Å². The third-order valence-electron chi connectivity index (χ3n) is 4.71. The molecular formula is C20H23N7O2. The number of ether oxygens (including phenoxy) is 1. The molecule has 9 nitrogen and oxygen atoms in total. The zero-order chi connectivity index (χ0) is 20.4. The highest BCUT2D eigenvalue weighted by atomic mass is 16.5. The van der Waals surface area contributed by atoms with Crippen LogP contribution in [0.4, 0.5) is 0 Å². The van der Waals surface area contributed by atoms with E-state index in [4.69, 9.17) is 9.72 Å². The normalized spacial score (nSPS) is 11.4. The van der Waals surface area contributed by atoms with E-state index in [-0.39, 0.29) is 12.5 Å². The van der Waals surface area contributed by atoms with E-state index in [0.717, 1.165) is 28.7 Å². The van der Waals surface area contributed by atoms with E-state index >= 15 is 0 Å². The number of nitrogens with zero attached hydrogens (tertiary/aromatic N) is 6. The largest absolute Gasteiger partial charge is 0.385 e. The molecule has 0 saturated heterocycles. The number of nitrogens with one attached hydrogen (secondary N) is 1. The second-order valence-corrected chi connectivity index (χ2v) is 6.92. The lowest BCUT2D eigenvalue weighted by Crippen LogP contribution is -2.29. The number of hydrogen-bond donors (Lipinski definition) is 1. The van der Waals surface area contributed by atoms with E-state index < -0.39 is 0 Å². The summed E-state index contributed by atoms with van der Waals surface area (Å²) in [5.41, 5.74) is 3.96. The van der Waals surface area contributed by atoms with Crippen molar-refractivity contribution in [1.82, 2.24) is 34.8 Å². The highest BCUT2D eigenvalue weighted by Crippen LogP contribution is 2.26. The molecule has 1 amide bonds. The second-order valence-electron chi connectivity index (χ2n) is 6.92. The highest BCUT2D eigenvalue weighted by molar-refractivity contribution is 6.04. The predicted molar refractivity (Wildman–Crippen MR) is 109 cm³/mol. The Morgan fingerprint density at radius 1 is 1.21 bits per heavy atom. The van der Waals surface area contributed by atoms with Gasteiger partial charge in [-0.15, -0.1) is 10.2 Å². The van der Waals surface area contributed by atoms with Crippen molar-refractivity contribution in [3.63, 3.8) is 0 Å². The average molecular weight is 393 g/mol. The van der Waals surface area contributed by atoms with Crippen molar-refractivity contribution in [3.8, 4) is 5.95 Å². The summed E-state index contributed by atoms with van der Waals surface area (Å²) in [5.74, 6) is 0.294. The van der Waals surface area contributed by atoms with Crippen molar-refractivity contribution in [3.05, 3.63) is 41.7 Å². The van der Waals surface area contributed by atoms with E-state index in [1.165, 1.54) is 0 Å². The van der Waals surface area contributed by atoms with Crippen LogP contribution in [0.3, 0.4) is 0 Å². The molecule has 0 radical (unpaired) electrons. The monoisotopic (exact) mass is 393 g/mol. The van der Waals surface area contributed by atoms with Crippen LogP contribution in [-0.2, 0) is 16.1 Å². The van der Waals surface area contributed by atoms with Crippen molar-refractivity contribution >= 4 is 28.0 Å². The lowest BCUT2D eigenvalue weighted by molar-refractivity contribution is -0.121. The van der Waals surface area contributed by atoms with Crippen molar-refractivity contribution in [2.45, 2.75) is 26.8 Å². The molecule has 0 fully saturated rings. The fraction of sp³-hybridized carbons (Fsp3) is 0.350. The molecule has 150 valence electrons. The predicted octanol–water partition coefficient (Wildman–Crippen LogP) is 1.93. The van der Waals surface area contributed by atoms with Crippen LogP contribution in [0.5, 0.6) is 0 Å². The van der Waals surface area contributed by atoms with E-state index in [1.807, 2.05) is 48.7 Å². The van der Waals surface area contributed by atoms with E-state index in [1.54, 1.807) is 11.8 Å². The fourth-order valence-electron chi connectivity index (χ4n) is 3.42. The van der Waals surface area contributed by atoms with Crippen LogP contribution in [-0.4, -0.2) is 55.7 Å². The van der Waals surface area contributed by atoms with Gasteiger partial charge in [0.05, 0.1) is 11.2 Å². The number of carbonyl (C=O) groups is 1. The maximum absolute atomic E-state index is 12.5. The first-order chi connectivity index (χ1) is 14.1. The van der Waals surface area contributed by atoms with Crippen LogP contribution in [0.1, 0.15) is 17.8 Å². The Balaban J connectivity index is 1.75. The molecule has 0 atom stereocenters. The molecule has 3 aromatic heterocycles. The number of fused-ring (bicyclic) bond motifs is 3. The highest BCUT2D eigenvalue weighted by Gasteiger charge is 2.18. The average Bonchev–Trinajstić information content (AvgIpc) is 3.22. The first-order valence-electron chi connectivity index (χ1n) is 9.49. The van der Waals surface area contributed by atoms with Gasteiger partial charge in [0.25, 0.3) is 5.95 Å². The number of aryl methyl sites for hydroxylation is 2. The molecule has 3 heterocycles. The molecule has 4 aromatic rings. The topological polar surface area (TPSA) is 99.8 Å². The number of carbonyl (C=O) groups excluding carboxylic acids is 1. The summed E-state index contributed by atoms with van der Waals surface area (Å²) in [6.45, 7) is 5.18. The molecule has 0 aliphatic carbocycles. The van der Waals surface area contributed by atoms with Gasteiger partial charge in [-0.25, -0.2) is 4.68 Å². The van der Waals surface area contributed by atoms with Gasteiger partial charge in [-0.05, 0) is 32.4 Å². The molecule has 0 saturated carbocycles. The Kier molecular flexibility index (Phi) is 5.22. The molecule has 29 heavy (non-hydrogen) atoms. The maximum Gasteiger partial charge on any atom is 0.272 e. The van der Waals surface area contributed by atoms with E-state index in [0.29, 0.717) is 30.3 Å². The molecule has 1 aromatic carbocycles. The summed E-state index contributed by atoms with van der Waals surface area (Å²) < 4.78 is 8.56. The Hall–Kier alpha value is -3.33. The van der Waals surface area contributed by atoms with Crippen molar-refractivity contribution in [2.75, 3.05) is 20.3 Å². The van der Waals surface area contributed by atoms with Crippen LogP contribution in [0.15, 0.2) is 30.3 Å². The molecule has 0 aliphatic heterocycles. The van der Waals surface area contributed by atoms with Gasteiger partial charge in [0.15, 0.2) is 5.65 Å². The van der Waals surface area contributed by atoms with Crippen LogP contribution >= 0.6 is 0 Å². The van der Waals surface area contributed by atoms with Gasteiger partial charge in [-0.2, -0.15) is 10.1 Å². The summed E-state index contributed by atoms with van der Waals surface area (Å²) in [6, 6.07) is 9.75. The van der Waals surface area contributed by atoms with Gasteiger partial charge in [0.1, 0.15) is 12.1 Å². The fourth-order valence-corrected chi connectivity index (χ4v) is 3.42. The summed E-state index contributed by atoms with van der Waals surface area (Å²) in [7, 11) is 1.65. The Bertz CT molecular complexity index is 1180.